The third-order valence-corrected chi connectivity index (χ3v) is 2.28. The van der Waals surface area contributed by atoms with Gasteiger partial charge in [-0.05, 0) is 0 Å². The zero-order valence-electron chi connectivity index (χ0n) is 7.45. The van der Waals surface area contributed by atoms with E-state index >= 15 is 0 Å². The predicted molar refractivity (Wildman–Crippen MR) is 52.7 cm³/mol. The summed E-state index contributed by atoms with van der Waals surface area (Å²) in [7, 11) is -3.07. The van der Waals surface area contributed by atoms with Gasteiger partial charge in [-0.15, -0.1) is 12.4 Å². The highest BCUT2D eigenvalue weighted by Crippen LogP contribution is 1.91. The highest BCUT2D eigenvalue weighted by Gasteiger charge is 2.13. The topological polar surface area (TPSA) is 67.4 Å². The van der Waals surface area contributed by atoms with E-state index in [2.05, 4.69) is 10.0 Å². The van der Waals surface area contributed by atoms with Crippen LogP contribution in [0.2, 0.25) is 0 Å². The zero-order chi connectivity index (χ0) is 9.03. The lowest BCUT2D eigenvalue weighted by Crippen LogP contribution is -2.48. The third kappa shape index (κ3) is 6.23. The summed E-state index contributed by atoms with van der Waals surface area (Å²) in [6.07, 6.45) is 1.15. The minimum atomic E-state index is -3.07. The van der Waals surface area contributed by atoms with Crippen molar-refractivity contribution in [3.63, 3.8) is 0 Å². The molecule has 1 heterocycles. The Balaban J connectivity index is 0.00000144. The highest BCUT2D eigenvalue weighted by atomic mass is 35.5. The van der Waals surface area contributed by atoms with E-state index in [-0.39, 0.29) is 18.4 Å². The maximum atomic E-state index is 10.7. The molecule has 2 N–H and O–H groups in total. The second kappa shape index (κ2) is 5.77. The summed E-state index contributed by atoms with van der Waals surface area (Å²) in [5.74, 6) is 0. The summed E-state index contributed by atoms with van der Waals surface area (Å²) < 4.78 is 29.0. The molecule has 1 atom stereocenters. The molecule has 0 aromatic rings. The summed E-state index contributed by atoms with van der Waals surface area (Å²) in [4.78, 5) is 0. The van der Waals surface area contributed by atoms with Gasteiger partial charge < -0.3 is 10.1 Å². The fourth-order valence-corrected chi connectivity index (χ4v) is 1.51. The van der Waals surface area contributed by atoms with Gasteiger partial charge in [0, 0.05) is 19.1 Å². The number of morpholine rings is 1. The molecule has 0 aromatic carbocycles. The number of hydrogen-bond donors (Lipinski definition) is 2. The number of ether oxygens (including phenoxy) is 1. The summed E-state index contributed by atoms with van der Waals surface area (Å²) in [5, 5.41) is 3.14. The van der Waals surface area contributed by atoms with Crippen molar-refractivity contribution in [3.8, 4) is 0 Å². The molecule has 0 amide bonds. The van der Waals surface area contributed by atoms with E-state index in [0.29, 0.717) is 19.8 Å². The number of halogens is 1. The summed E-state index contributed by atoms with van der Waals surface area (Å²) in [6, 6.07) is 0.105. The first-order chi connectivity index (χ1) is 5.58. The fourth-order valence-electron chi connectivity index (χ4n) is 1.00. The van der Waals surface area contributed by atoms with Crippen LogP contribution < -0.4 is 10.0 Å². The molecule has 1 aliphatic heterocycles. The molecule has 1 saturated heterocycles. The van der Waals surface area contributed by atoms with E-state index in [0.717, 1.165) is 12.8 Å². The van der Waals surface area contributed by atoms with Crippen LogP contribution in [0, 0.1) is 0 Å². The average Bonchev–Trinajstić information content (AvgIpc) is 2.02. The van der Waals surface area contributed by atoms with Crippen LogP contribution in [0.1, 0.15) is 0 Å². The number of sulfonamides is 1. The largest absolute Gasteiger partial charge is 0.378 e. The number of rotatable bonds is 3. The lowest BCUT2D eigenvalue weighted by Gasteiger charge is -2.23. The molecule has 1 aliphatic rings. The zero-order valence-corrected chi connectivity index (χ0v) is 9.08. The van der Waals surface area contributed by atoms with Gasteiger partial charge in [-0.1, -0.05) is 0 Å². The Morgan fingerprint density at radius 1 is 1.62 bits per heavy atom. The van der Waals surface area contributed by atoms with Crippen LogP contribution in [-0.4, -0.2) is 47.0 Å². The SMILES string of the molecule is CS(=O)(=O)NC[C@H]1COCCN1.Cl. The molecule has 1 rings (SSSR count). The molecular weight excluding hydrogens is 216 g/mol. The standard InChI is InChI=1S/C6H14N2O3S.ClH/c1-12(9,10)8-4-6-5-11-3-2-7-6;/h6-8H,2-5H2,1H3;1H/t6-;/m0./s1. The molecule has 13 heavy (non-hydrogen) atoms. The molecule has 0 bridgehead atoms. The van der Waals surface area contributed by atoms with Gasteiger partial charge in [0.15, 0.2) is 0 Å². The van der Waals surface area contributed by atoms with Gasteiger partial charge in [-0.2, -0.15) is 0 Å². The third-order valence-electron chi connectivity index (χ3n) is 1.59. The van der Waals surface area contributed by atoms with E-state index in [4.69, 9.17) is 4.74 Å². The minimum Gasteiger partial charge on any atom is -0.378 e. The van der Waals surface area contributed by atoms with Gasteiger partial charge in [0.25, 0.3) is 0 Å². The number of nitrogens with one attached hydrogen (secondary N) is 2. The van der Waals surface area contributed by atoms with E-state index in [9.17, 15) is 8.42 Å². The summed E-state index contributed by atoms with van der Waals surface area (Å²) >= 11 is 0. The van der Waals surface area contributed by atoms with Crippen molar-refractivity contribution >= 4 is 22.4 Å². The Labute approximate surface area is 84.7 Å². The molecule has 0 aromatic heterocycles. The first-order valence-electron chi connectivity index (χ1n) is 3.84. The molecule has 1 fully saturated rings. The lowest BCUT2D eigenvalue weighted by atomic mass is 10.3. The molecule has 0 spiro atoms. The Hall–Kier alpha value is 0.120. The van der Waals surface area contributed by atoms with Crippen LogP contribution in [0.5, 0.6) is 0 Å². The number of hydrogen-bond acceptors (Lipinski definition) is 4. The summed E-state index contributed by atoms with van der Waals surface area (Å²) in [5.41, 5.74) is 0. The predicted octanol–water partition coefficient (Wildman–Crippen LogP) is -1.05. The van der Waals surface area contributed by atoms with E-state index in [1.54, 1.807) is 0 Å². The molecule has 7 heteroatoms. The van der Waals surface area contributed by atoms with Crippen molar-refractivity contribution < 1.29 is 13.2 Å². The van der Waals surface area contributed by atoms with Gasteiger partial charge >= 0.3 is 0 Å². The average molecular weight is 231 g/mol. The van der Waals surface area contributed by atoms with Crippen molar-refractivity contribution in [2.45, 2.75) is 6.04 Å². The fraction of sp³-hybridized carbons (Fsp3) is 1.00. The lowest BCUT2D eigenvalue weighted by molar-refractivity contribution is 0.0784. The summed E-state index contributed by atoms with van der Waals surface area (Å²) in [6.45, 7) is 2.47. The monoisotopic (exact) mass is 230 g/mol. The van der Waals surface area contributed by atoms with Crippen molar-refractivity contribution in [2.75, 3.05) is 32.6 Å². The van der Waals surface area contributed by atoms with Crippen LogP contribution in [0.4, 0.5) is 0 Å². The molecule has 80 valence electrons. The van der Waals surface area contributed by atoms with E-state index in [1.165, 1.54) is 0 Å². The van der Waals surface area contributed by atoms with Crippen LogP contribution in [0.3, 0.4) is 0 Å². The molecule has 0 saturated carbocycles. The Morgan fingerprint density at radius 3 is 2.77 bits per heavy atom. The van der Waals surface area contributed by atoms with Crippen molar-refractivity contribution in [1.29, 1.82) is 0 Å². The second-order valence-corrected chi connectivity index (χ2v) is 4.68. The maximum Gasteiger partial charge on any atom is 0.208 e. The molecular formula is C6H15ClN2O3S. The Kier molecular flexibility index (Phi) is 5.82. The Bertz CT molecular complexity index is 226. The van der Waals surface area contributed by atoms with Crippen LogP contribution >= 0.6 is 12.4 Å². The molecule has 0 aliphatic carbocycles. The smallest absolute Gasteiger partial charge is 0.208 e. The van der Waals surface area contributed by atoms with Gasteiger partial charge in [0.05, 0.1) is 19.5 Å². The van der Waals surface area contributed by atoms with Gasteiger partial charge in [-0.3, -0.25) is 0 Å². The minimum absolute atomic E-state index is 0. The molecule has 0 radical (unpaired) electrons. The van der Waals surface area contributed by atoms with E-state index < -0.39 is 10.0 Å². The normalized spacial score (nSPS) is 23.6. The van der Waals surface area contributed by atoms with Gasteiger partial charge in [0.1, 0.15) is 0 Å². The Morgan fingerprint density at radius 2 is 2.31 bits per heavy atom. The van der Waals surface area contributed by atoms with Crippen molar-refractivity contribution in [2.24, 2.45) is 0 Å². The van der Waals surface area contributed by atoms with E-state index in [1.807, 2.05) is 0 Å². The quantitative estimate of drug-likeness (QED) is 0.649. The van der Waals surface area contributed by atoms with Crippen LogP contribution in [0.25, 0.3) is 0 Å². The highest BCUT2D eigenvalue weighted by molar-refractivity contribution is 7.88. The second-order valence-electron chi connectivity index (χ2n) is 2.85. The van der Waals surface area contributed by atoms with Gasteiger partial charge in [-0.25, -0.2) is 13.1 Å². The molecule has 5 nitrogen and oxygen atoms in total. The van der Waals surface area contributed by atoms with Crippen LogP contribution in [-0.2, 0) is 14.8 Å². The van der Waals surface area contributed by atoms with Crippen molar-refractivity contribution in [1.82, 2.24) is 10.0 Å². The first-order valence-corrected chi connectivity index (χ1v) is 5.73. The maximum absolute atomic E-state index is 10.7. The van der Waals surface area contributed by atoms with Crippen LogP contribution in [0.15, 0.2) is 0 Å². The molecule has 0 unspecified atom stereocenters. The first kappa shape index (κ1) is 13.1. The van der Waals surface area contributed by atoms with Gasteiger partial charge in [0.2, 0.25) is 10.0 Å². The van der Waals surface area contributed by atoms with Crippen molar-refractivity contribution in [3.05, 3.63) is 0 Å².